The zero-order chi connectivity index (χ0) is 13.2. The third-order valence-corrected chi connectivity index (χ3v) is 5.90. The van der Waals surface area contributed by atoms with Crippen LogP contribution in [0.25, 0.3) is 0 Å². The molecule has 1 atom stereocenters. The van der Waals surface area contributed by atoms with Crippen molar-refractivity contribution in [3.63, 3.8) is 0 Å². The summed E-state index contributed by atoms with van der Waals surface area (Å²) in [7, 11) is -1.50. The van der Waals surface area contributed by atoms with Crippen LogP contribution in [0, 0.1) is 0 Å². The number of sulfonamides is 1. The zero-order valence-corrected chi connectivity index (χ0v) is 12.3. The van der Waals surface area contributed by atoms with Crippen molar-refractivity contribution in [2.45, 2.75) is 23.6 Å². The summed E-state index contributed by atoms with van der Waals surface area (Å²) in [6.07, 6.45) is 1.58. The molecule has 102 valence electrons. The van der Waals surface area contributed by atoms with Gasteiger partial charge in [-0.25, -0.2) is 8.42 Å². The van der Waals surface area contributed by atoms with Gasteiger partial charge < -0.3 is 10.3 Å². The molecule has 5 nitrogen and oxygen atoms in total. The van der Waals surface area contributed by atoms with E-state index in [4.69, 9.17) is 0 Å². The van der Waals surface area contributed by atoms with Gasteiger partial charge in [-0.05, 0) is 13.1 Å². The maximum absolute atomic E-state index is 12.4. The minimum absolute atomic E-state index is 0.365. The van der Waals surface area contributed by atoms with Crippen molar-refractivity contribution in [1.29, 1.82) is 0 Å². The van der Waals surface area contributed by atoms with E-state index < -0.39 is 10.0 Å². The Bertz CT molecular complexity index is 498. The molecule has 0 radical (unpaired) electrons. The Hall–Kier alpha value is -0.500. The molecular formula is C11H19N3O2S2. The van der Waals surface area contributed by atoms with E-state index in [0.717, 1.165) is 11.4 Å². The second kappa shape index (κ2) is 5.64. The van der Waals surface area contributed by atoms with Gasteiger partial charge in [-0.2, -0.15) is 16.1 Å². The number of nitrogens with one attached hydrogen (secondary N) is 2. The normalized spacial score (nSPS) is 22.2. The van der Waals surface area contributed by atoms with Crippen LogP contribution in [0.2, 0.25) is 0 Å². The average Bonchev–Trinajstić information content (AvgIpc) is 2.79. The molecule has 1 aliphatic heterocycles. The number of thioether (sulfide) groups is 1. The monoisotopic (exact) mass is 289 g/mol. The molecule has 1 aromatic heterocycles. The van der Waals surface area contributed by atoms with E-state index in [1.54, 1.807) is 16.6 Å². The van der Waals surface area contributed by atoms with Crippen LogP contribution in [0.5, 0.6) is 0 Å². The standard InChI is InChI=1S/C11H19N3O2S2/c1-9-8-14(3-4-17-9)18(15,16)11-5-10(6-12-2)13-7-11/h5,7,9,12-13H,3-4,6,8H2,1-2H3. The fraction of sp³-hybridized carbons (Fsp3) is 0.636. The fourth-order valence-corrected chi connectivity index (χ4v) is 4.79. The van der Waals surface area contributed by atoms with Crippen LogP contribution < -0.4 is 5.32 Å². The number of hydrogen-bond acceptors (Lipinski definition) is 4. The highest BCUT2D eigenvalue weighted by molar-refractivity contribution is 8.00. The van der Waals surface area contributed by atoms with Gasteiger partial charge in [0.1, 0.15) is 0 Å². The van der Waals surface area contributed by atoms with Gasteiger partial charge in [-0.15, -0.1) is 0 Å². The molecule has 0 bridgehead atoms. The minimum atomic E-state index is -3.33. The van der Waals surface area contributed by atoms with Gasteiger partial charge in [0.2, 0.25) is 10.0 Å². The molecule has 0 aromatic carbocycles. The van der Waals surface area contributed by atoms with Gasteiger partial charge in [0.25, 0.3) is 0 Å². The van der Waals surface area contributed by atoms with Crippen LogP contribution in [-0.2, 0) is 16.6 Å². The summed E-state index contributed by atoms with van der Waals surface area (Å²) in [5.74, 6) is 0.869. The van der Waals surface area contributed by atoms with Gasteiger partial charge >= 0.3 is 0 Å². The molecule has 2 N–H and O–H groups in total. The zero-order valence-electron chi connectivity index (χ0n) is 10.6. The number of nitrogens with zero attached hydrogens (tertiary/aromatic N) is 1. The molecule has 7 heteroatoms. The number of hydrogen-bond donors (Lipinski definition) is 2. The van der Waals surface area contributed by atoms with Gasteiger partial charge in [0, 0.05) is 42.5 Å². The minimum Gasteiger partial charge on any atom is -0.363 e. The van der Waals surface area contributed by atoms with Crippen molar-refractivity contribution >= 4 is 21.8 Å². The van der Waals surface area contributed by atoms with E-state index in [2.05, 4.69) is 17.2 Å². The highest BCUT2D eigenvalue weighted by Gasteiger charge is 2.29. The molecule has 2 rings (SSSR count). The molecular weight excluding hydrogens is 270 g/mol. The lowest BCUT2D eigenvalue weighted by Crippen LogP contribution is -2.40. The Morgan fingerprint density at radius 2 is 2.39 bits per heavy atom. The maximum atomic E-state index is 12.4. The second-order valence-corrected chi connectivity index (χ2v) is 7.92. The summed E-state index contributed by atoms with van der Waals surface area (Å²) in [6, 6.07) is 1.71. The number of rotatable bonds is 4. The summed E-state index contributed by atoms with van der Waals surface area (Å²) >= 11 is 1.82. The molecule has 0 saturated carbocycles. The smallest absolute Gasteiger partial charge is 0.244 e. The van der Waals surface area contributed by atoms with Crippen molar-refractivity contribution in [2.75, 3.05) is 25.9 Å². The maximum Gasteiger partial charge on any atom is 0.244 e. The van der Waals surface area contributed by atoms with E-state index in [-0.39, 0.29) is 0 Å². The molecule has 1 fully saturated rings. The molecule has 1 aromatic rings. The van der Waals surface area contributed by atoms with E-state index in [1.807, 2.05) is 18.8 Å². The highest BCUT2D eigenvalue weighted by Crippen LogP contribution is 2.24. The third kappa shape index (κ3) is 2.90. The molecule has 1 aliphatic rings. The lowest BCUT2D eigenvalue weighted by Gasteiger charge is -2.29. The summed E-state index contributed by atoms with van der Waals surface area (Å²) in [5.41, 5.74) is 0.885. The van der Waals surface area contributed by atoms with Gasteiger partial charge in [-0.1, -0.05) is 6.92 Å². The average molecular weight is 289 g/mol. The van der Waals surface area contributed by atoms with Crippen LogP contribution in [-0.4, -0.2) is 48.8 Å². The molecule has 0 aliphatic carbocycles. The first-order valence-corrected chi connectivity index (χ1v) is 8.46. The predicted octanol–water partition coefficient (Wildman–Crippen LogP) is 0.860. The lowest BCUT2D eigenvalue weighted by molar-refractivity contribution is 0.424. The fourth-order valence-electron chi connectivity index (χ4n) is 2.01. The van der Waals surface area contributed by atoms with Crippen molar-refractivity contribution in [2.24, 2.45) is 0 Å². The Balaban J connectivity index is 2.18. The Kier molecular flexibility index (Phi) is 4.37. The summed E-state index contributed by atoms with van der Waals surface area (Å²) in [5, 5.41) is 3.36. The van der Waals surface area contributed by atoms with Crippen molar-refractivity contribution < 1.29 is 8.42 Å². The van der Waals surface area contributed by atoms with Gasteiger partial charge in [0.05, 0.1) is 4.90 Å². The van der Waals surface area contributed by atoms with Crippen LogP contribution >= 0.6 is 11.8 Å². The van der Waals surface area contributed by atoms with Crippen molar-refractivity contribution in [3.05, 3.63) is 18.0 Å². The quantitative estimate of drug-likeness (QED) is 0.863. The highest BCUT2D eigenvalue weighted by atomic mass is 32.2. The first-order chi connectivity index (χ1) is 8.54. The second-order valence-electron chi connectivity index (χ2n) is 4.44. The summed E-state index contributed by atoms with van der Waals surface area (Å²) in [4.78, 5) is 3.36. The van der Waals surface area contributed by atoms with Crippen LogP contribution in [0.3, 0.4) is 0 Å². The molecule has 2 heterocycles. The van der Waals surface area contributed by atoms with Crippen LogP contribution in [0.15, 0.2) is 17.2 Å². The van der Waals surface area contributed by atoms with E-state index in [0.29, 0.717) is 29.8 Å². The molecule has 1 saturated heterocycles. The Morgan fingerprint density at radius 1 is 1.61 bits per heavy atom. The number of aromatic amines is 1. The first-order valence-electron chi connectivity index (χ1n) is 5.97. The predicted molar refractivity (Wildman–Crippen MR) is 74.2 cm³/mol. The Labute approximate surface area is 112 Å². The topological polar surface area (TPSA) is 65.2 Å². The SMILES string of the molecule is CNCc1cc(S(=O)(=O)N2CCSC(C)C2)c[nH]1. The lowest BCUT2D eigenvalue weighted by atomic mass is 10.4. The number of aromatic nitrogens is 1. The summed E-state index contributed by atoms with van der Waals surface area (Å²) < 4.78 is 26.4. The van der Waals surface area contributed by atoms with Crippen LogP contribution in [0.1, 0.15) is 12.6 Å². The molecule has 18 heavy (non-hydrogen) atoms. The van der Waals surface area contributed by atoms with E-state index in [1.165, 1.54) is 0 Å². The van der Waals surface area contributed by atoms with Crippen molar-refractivity contribution in [1.82, 2.24) is 14.6 Å². The van der Waals surface area contributed by atoms with Crippen LogP contribution in [0.4, 0.5) is 0 Å². The largest absolute Gasteiger partial charge is 0.363 e. The molecule has 1 unspecified atom stereocenters. The molecule has 0 spiro atoms. The van der Waals surface area contributed by atoms with Crippen molar-refractivity contribution in [3.8, 4) is 0 Å². The van der Waals surface area contributed by atoms with E-state index >= 15 is 0 Å². The number of H-pyrrole nitrogens is 1. The van der Waals surface area contributed by atoms with Gasteiger partial charge in [0.15, 0.2) is 0 Å². The molecule has 0 amide bonds. The Morgan fingerprint density at radius 3 is 3.06 bits per heavy atom. The van der Waals surface area contributed by atoms with Gasteiger partial charge in [-0.3, -0.25) is 0 Å². The first kappa shape index (κ1) is 13.9. The summed E-state index contributed by atoms with van der Waals surface area (Å²) in [6.45, 7) is 3.90. The van der Waals surface area contributed by atoms with E-state index in [9.17, 15) is 8.42 Å². The third-order valence-electron chi connectivity index (χ3n) is 2.93.